The Bertz CT molecular complexity index is 946. The molecule has 1 N–H and O–H groups in total. The first-order valence-electron chi connectivity index (χ1n) is 8.97. The van der Waals surface area contributed by atoms with Crippen LogP contribution >= 0.6 is 11.8 Å². The number of thioether (sulfide) groups is 1. The van der Waals surface area contributed by atoms with Gasteiger partial charge in [0.1, 0.15) is 0 Å². The lowest BCUT2D eigenvalue weighted by Crippen LogP contribution is -2.23. The molecule has 0 radical (unpaired) electrons. The summed E-state index contributed by atoms with van der Waals surface area (Å²) in [4.78, 5) is 4.61. The van der Waals surface area contributed by atoms with Gasteiger partial charge in [-0.3, -0.25) is 0 Å². The van der Waals surface area contributed by atoms with Crippen molar-refractivity contribution in [1.82, 2.24) is 15.2 Å². The van der Waals surface area contributed by atoms with Crippen LogP contribution in [-0.2, 0) is 0 Å². The van der Waals surface area contributed by atoms with Crippen LogP contribution in [-0.4, -0.2) is 27.2 Å². The van der Waals surface area contributed by atoms with Crippen molar-refractivity contribution in [3.63, 3.8) is 0 Å². The van der Waals surface area contributed by atoms with Crippen molar-refractivity contribution in [2.75, 3.05) is 11.1 Å². The van der Waals surface area contributed by atoms with E-state index in [1.54, 1.807) is 11.8 Å². The van der Waals surface area contributed by atoms with Gasteiger partial charge in [0.05, 0.1) is 0 Å². The van der Waals surface area contributed by atoms with Gasteiger partial charge in [0.25, 0.3) is 0 Å². The predicted molar refractivity (Wildman–Crippen MR) is 110 cm³/mol. The molecule has 0 fully saturated rings. The maximum Gasteiger partial charge on any atom is 0.247 e. The third-order valence-electron chi connectivity index (χ3n) is 4.05. The number of nitrogens with one attached hydrogen (secondary N) is 1. The highest BCUT2D eigenvalue weighted by molar-refractivity contribution is 7.99. The molecule has 27 heavy (non-hydrogen) atoms. The molecular weight excluding hydrogens is 356 g/mol. The van der Waals surface area contributed by atoms with Crippen molar-refractivity contribution in [2.45, 2.75) is 24.7 Å². The molecule has 6 heteroatoms. The predicted octanol–water partition coefficient (Wildman–Crippen LogP) is 4.88. The molecule has 136 valence electrons. The lowest BCUT2D eigenvalue weighted by molar-refractivity contribution is 0.266. The summed E-state index contributed by atoms with van der Waals surface area (Å²) in [5, 5.41) is 12.7. The number of hydrogen-bond acceptors (Lipinski definition) is 6. The molecule has 0 unspecified atom stereocenters. The number of fused-ring (bicyclic) bond motifs is 3. The summed E-state index contributed by atoms with van der Waals surface area (Å²) in [5.41, 5.74) is 3.66. The minimum atomic E-state index is -0.353. The fourth-order valence-corrected chi connectivity index (χ4v) is 3.40. The van der Waals surface area contributed by atoms with Gasteiger partial charge in [-0.25, -0.2) is 0 Å². The van der Waals surface area contributed by atoms with Crippen LogP contribution in [0.1, 0.15) is 18.9 Å². The molecule has 1 aliphatic heterocycles. The van der Waals surface area contributed by atoms with Gasteiger partial charge < -0.3 is 10.1 Å². The Morgan fingerprint density at radius 2 is 1.89 bits per heavy atom. The van der Waals surface area contributed by atoms with E-state index < -0.39 is 0 Å². The van der Waals surface area contributed by atoms with Crippen LogP contribution in [0.5, 0.6) is 5.88 Å². The van der Waals surface area contributed by atoms with E-state index in [-0.39, 0.29) is 6.23 Å². The van der Waals surface area contributed by atoms with E-state index in [1.807, 2.05) is 54.6 Å². The normalized spacial score (nSPS) is 15.4. The van der Waals surface area contributed by atoms with Crippen LogP contribution in [0.2, 0.25) is 0 Å². The van der Waals surface area contributed by atoms with Crippen molar-refractivity contribution in [3.05, 3.63) is 66.2 Å². The number of aromatic nitrogens is 3. The van der Waals surface area contributed by atoms with Crippen molar-refractivity contribution < 1.29 is 4.74 Å². The van der Waals surface area contributed by atoms with E-state index in [2.05, 4.69) is 39.6 Å². The monoisotopic (exact) mass is 376 g/mol. The van der Waals surface area contributed by atoms with Gasteiger partial charge in [-0.05, 0) is 24.1 Å². The average Bonchev–Trinajstić information content (AvgIpc) is 2.87. The van der Waals surface area contributed by atoms with Crippen LogP contribution in [0.4, 0.5) is 5.69 Å². The van der Waals surface area contributed by atoms with Gasteiger partial charge in [-0.1, -0.05) is 73.3 Å². The van der Waals surface area contributed by atoms with Gasteiger partial charge in [-0.2, -0.15) is 4.98 Å². The van der Waals surface area contributed by atoms with Crippen molar-refractivity contribution in [3.8, 4) is 17.1 Å². The van der Waals surface area contributed by atoms with E-state index in [9.17, 15) is 0 Å². The molecule has 0 saturated carbocycles. The Balaban J connectivity index is 1.69. The second kappa shape index (κ2) is 8.22. The van der Waals surface area contributed by atoms with E-state index >= 15 is 0 Å². The molecule has 0 amide bonds. The molecule has 4 rings (SSSR count). The van der Waals surface area contributed by atoms with Crippen molar-refractivity contribution in [2.24, 2.45) is 0 Å². The Labute approximate surface area is 162 Å². The fourth-order valence-electron chi connectivity index (χ4n) is 2.77. The van der Waals surface area contributed by atoms with E-state index in [0.717, 1.165) is 29.0 Å². The van der Waals surface area contributed by atoms with Gasteiger partial charge >= 0.3 is 0 Å². The zero-order chi connectivity index (χ0) is 18.5. The summed E-state index contributed by atoms with van der Waals surface area (Å²) in [6, 6.07) is 18.1. The molecule has 0 spiro atoms. The van der Waals surface area contributed by atoms with Crippen LogP contribution < -0.4 is 10.1 Å². The molecule has 1 aromatic heterocycles. The lowest BCUT2D eigenvalue weighted by atomic mass is 10.1. The largest absolute Gasteiger partial charge is 0.448 e. The number of hydrogen-bond donors (Lipinski definition) is 1. The zero-order valence-electron chi connectivity index (χ0n) is 15.0. The SMILES string of the molecule is CCCSc1nnc2c(n1)O[C@H](/C=C/c1ccccc1)Nc1ccccc1-2. The molecular formula is C21H20N4OS. The number of nitrogens with zero attached hydrogens (tertiary/aromatic N) is 3. The van der Waals surface area contributed by atoms with Crippen LogP contribution in [0.15, 0.2) is 65.8 Å². The molecule has 0 bridgehead atoms. The zero-order valence-corrected chi connectivity index (χ0v) is 15.8. The quantitative estimate of drug-likeness (QED) is 0.640. The summed E-state index contributed by atoms with van der Waals surface area (Å²) in [6.45, 7) is 2.13. The first-order valence-corrected chi connectivity index (χ1v) is 9.95. The van der Waals surface area contributed by atoms with E-state index in [0.29, 0.717) is 16.7 Å². The minimum absolute atomic E-state index is 0.353. The summed E-state index contributed by atoms with van der Waals surface area (Å²) in [7, 11) is 0. The number of ether oxygens (including phenoxy) is 1. The van der Waals surface area contributed by atoms with Crippen molar-refractivity contribution in [1.29, 1.82) is 0 Å². The van der Waals surface area contributed by atoms with Gasteiger partial charge in [0.2, 0.25) is 11.0 Å². The smallest absolute Gasteiger partial charge is 0.247 e. The molecule has 5 nitrogen and oxygen atoms in total. The molecule has 0 aliphatic carbocycles. The summed E-state index contributed by atoms with van der Waals surface area (Å²) < 4.78 is 6.16. The summed E-state index contributed by atoms with van der Waals surface area (Å²) in [5.74, 6) is 1.45. The maximum atomic E-state index is 6.16. The Kier molecular flexibility index (Phi) is 5.34. The summed E-state index contributed by atoms with van der Waals surface area (Å²) >= 11 is 1.59. The highest BCUT2D eigenvalue weighted by atomic mass is 32.2. The Morgan fingerprint density at radius 3 is 2.74 bits per heavy atom. The number of anilines is 1. The lowest BCUT2D eigenvalue weighted by Gasteiger charge is -2.15. The molecule has 1 aliphatic rings. The van der Waals surface area contributed by atoms with E-state index in [1.165, 1.54) is 0 Å². The minimum Gasteiger partial charge on any atom is -0.448 e. The standard InChI is InChI=1S/C21H20N4OS/c1-2-14-27-21-23-20-19(24-25-21)16-10-6-7-11-17(16)22-18(26-20)13-12-15-8-4-3-5-9-15/h3-13,18,22H,2,14H2,1H3/b13-12+/t18-/m1/s1. The molecule has 3 aromatic rings. The number of benzene rings is 2. The van der Waals surface area contributed by atoms with Gasteiger partial charge in [-0.15, -0.1) is 10.2 Å². The number of rotatable bonds is 5. The van der Waals surface area contributed by atoms with E-state index in [4.69, 9.17) is 4.74 Å². The fraction of sp³-hybridized carbons (Fsp3) is 0.190. The summed E-state index contributed by atoms with van der Waals surface area (Å²) in [6.07, 6.45) is 4.72. The van der Waals surface area contributed by atoms with Crippen molar-refractivity contribution >= 4 is 23.5 Å². The highest BCUT2D eigenvalue weighted by Gasteiger charge is 2.23. The third kappa shape index (κ3) is 4.11. The molecule has 2 aromatic carbocycles. The van der Waals surface area contributed by atoms with Crippen LogP contribution in [0.3, 0.4) is 0 Å². The average molecular weight is 376 g/mol. The topological polar surface area (TPSA) is 59.9 Å². The second-order valence-corrected chi connectivity index (χ2v) is 7.16. The maximum absolute atomic E-state index is 6.16. The van der Waals surface area contributed by atoms with Gasteiger partial charge in [0, 0.05) is 17.0 Å². The van der Waals surface area contributed by atoms with Gasteiger partial charge in [0.15, 0.2) is 11.9 Å². The number of para-hydroxylation sites is 1. The molecule has 1 atom stereocenters. The Morgan fingerprint density at radius 1 is 1.07 bits per heavy atom. The highest BCUT2D eigenvalue weighted by Crippen LogP contribution is 2.36. The molecule has 0 saturated heterocycles. The van der Waals surface area contributed by atoms with Crippen LogP contribution in [0, 0.1) is 0 Å². The van der Waals surface area contributed by atoms with Crippen LogP contribution in [0.25, 0.3) is 17.3 Å². The molecule has 2 heterocycles. The first kappa shape index (κ1) is 17.5. The Hall–Kier alpha value is -2.86. The first-order chi connectivity index (χ1) is 13.3. The third-order valence-corrected chi connectivity index (χ3v) is 5.10. The second-order valence-electron chi connectivity index (χ2n) is 6.09.